The van der Waals surface area contributed by atoms with Crippen molar-refractivity contribution < 1.29 is 9.32 Å². The zero-order valence-electron chi connectivity index (χ0n) is 14.6. The molecule has 3 aromatic heterocycles. The van der Waals surface area contributed by atoms with Crippen molar-refractivity contribution in [3.63, 3.8) is 0 Å². The molecule has 5 heterocycles. The van der Waals surface area contributed by atoms with Gasteiger partial charge in [0.2, 0.25) is 0 Å². The van der Waals surface area contributed by atoms with Gasteiger partial charge < -0.3 is 19.3 Å². The molecule has 0 aliphatic carbocycles. The van der Waals surface area contributed by atoms with E-state index >= 15 is 0 Å². The first-order valence-corrected chi connectivity index (χ1v) is 9.01. The summed E-state index contributed by atoms with van der Waals surface area (Å²) in [4.78, 5) is 29.2. The Morgan fingerprint density at radius 3 is 3.04 bits per heavy atom. The predicted octanol–water partition coefficient (Wildman–Crippen LogP) is 2.14. The van der Waals surface area contributed by atoms with Gasteiger partial charge in [-0.15, -0.1) is 0 Å². The summed E-state index contributed by atoms with van der Waals surface area (Å²) in [5.74, 6) is 1.58. The van der Waals surface area contributed by atoms with E-state index in [9.17, 15) is 4.79 Å². The lowest BCUT2D eigenvalue weighted by atomic mass is 9.96. The van der Waals surface area contributed by atoms with Crippen molar-refractivity contribution in [2.75, 3.05) is 18.0 Å². The van der Waals surface area contributed by atoms with Crippen LogP contribution < -0.4 is 4.90 Å². The van der Waals surface area contributed by atoms with E-state index in [-0.39, 0.29) is 18.0 Å². The normalized spacial score (nSPS) is 22.8. The molecule has 2 aliphatic rings. The molecule has 3 aromatic rings. The van der Waals surface area contributed by atoms with Crippen LogP contribution in [0.25, 0.3) is 11.0 Å². The summed E-state index contributed by atoms with van der Waals surface area (Å²) in [7, 11) is 0. The summed E-state index contributed by atoms with van der Waals surface area (Å²) in [6.07, 6.45) is 6.46. The van der Waals surface area contributed by atoms with Crippen LogP contribution in [0.1, 0.15) is 35.5 Å². The summed E-state index contributed by atoms with van der Waals surface area (Å²) in [6, 6.07) is 4.18. The molecule has 0 radical (unpaired) electrons. The van der Waals surface area contributed by atoms with Gasteiger partial charge in [-0.2, -0.15) is 0 Å². The van der Waals surface area contributed by atoms with E-state index in [1.54, 1.807) is 19.3 Å². The van der Waals surface area contributed by atoms with Crippen molar-refractivity contribution in [2.45, 2.75) is 38.3 Å². The Bertz CT molecular complexity index is 963. The first-order chi connectivity index (χ1) is 12.7. The Balaban J connectivity index is 1.45. The van der Waals surface area contributed by atoms with Crippen LogP contribution in [0.2, 0.25) is 0 Å². The minimum Gasteiger partial charge on any atom is -0.361 e. The lowest BCUT2D eigenvalue weighted by Gasteiger charge is -2.40. The van der Waals surface area contributed by atoms with Crippen molar-refractivity contribution in [3.05, 3.63) is 36.1 Å². The molecule has 5 rings (SSSR count). The highest BCUT2D eigenvalue weighted by atomic mass is 16.5. The Morgan fingerprint density at radius 1 is 1.27 bits per heavy atom. The molecular formula is C18H20N6O2. The predicted molar refractivity (Wildman–Crippen MR) is 94.9 cm³/mol. The van der Waals surface area contributed by atoms with Crippen molar-refractivity contribution >= 4 is 22.8 Å². The second-order valence-corrected chi connectivity index (χ2v) is 7.02. The molecule has 1 N–H and O–H groups in total. The lowest BCUT2D eigenvalue weighted by molar-refractivity contribution is 0.0598. The first-order valence-electron chi connectivity index (χ1n) is 9.01. The van der Waals surface area contributed by atoms with Crippen molar-refractivity contribution in [1.29, 1.82) is 0 Å². The molecule has 2 aliphatic heterocycles. The van der Waals surface area contributed by atoms with E-state index in [0.29, 0.717) is 11.5 Å². The summed E-state index contributed by atoms with van der Waals surface area (Å²) >= 11 is 0. The van der Waals surface area contributed by atoms with Gasteiger partial charge in [-0.25, -0.2) is 9.97 Å². The van der Waals surface area contributed by atoms with Gasteiger partial charge in [0.25, 0.3) is 5.91 Å². The molecule has 8 heteroatoms. The summed E-state index contributed by atoms with van der Waals surface area (Å²) < 4.78 is 5.09. The molecular weight excluding hydrogens is 332 g/mol. The zero-order chi connectivity index (χ0) is 17.7. The van der Waals surface area contributed by atoms with E-state index in [1.807, 2.05) is 17.2 Å². The summed E-state index contributed by atoms with van der Waals surface area (Å²) in [5.41, 5.74) is 1.25. The average Bonchev–Trinajstić information content (AvgIpc) is 3.39. The van der Waals surface area contributed by atoms with Crippen LogP contribution in [0.3, 0.4) is 0 Å². The fourth-order valence-corrected chi connectivity index (χ4v) is 4.40. The molecule has 1 amide bonds. The molecule has 0 unspecified atom stereocenters. The number of hydrogen-bond donors (Lipinski definition) is 1. The highest BCUT2D eigenvalue weighted by Gasteiger charge is 2.43. The quantitative estimate of drug-likeness (QED) is 0.760. The maximum Gasteiger partial charge on any atom is 0.276 e. The summed E-state index contributed by atoms with van der Waals surface area (Å²) in [6.45, 7) is 3.45. The molecule has 2 atom stereocenters. The number of hydrogen-bond acceptors (Lipinski definition) is 6. The number of fused-ring (bicyclic) bond motifs is 2. The molecule has 134 valence electrons. The van der Waals surface area contributed by atoms with Gasteiger partial charge in [-0.05, 0) is 32.3 Å². The number of rotatable bonds is 2. The number of H-pyrrole nitrogens is 1. The number of aryl methyl sites for hydroxylation is 1. The SMILES string of the molecule is Cc1cc(C(=O)N2CCC[C@@H]3[C@H]2CCN3c2ncnc3[nH]ccc23)no1. The van der Waals surface area contributed by atoms with Gasteiger partial charge in [-0.1, -0.05) is 5.16 Å². The number of carbonyl (C=O) groups excluding carboxylic acids is 1. The number of likely N-dealkylation sites (tertiary alicyclic amines) is 1. The minimum atomic E-state index is -0.0344. The van der Waals surface area contributed by atoms with E-state index in [0.717, 1.165) is 49.2 Å². The van der Waals surface area contributed by atoms with Gasteiger partial charge in [0.05, 0.1) is 17.5 Å². The number of nitrogens with zero attached hydrogens (tertiary/aromatic N) is 5. The molecule has 0 bridgehead atoms. The molecule has 0 spiro atoms. The van der Waals surface area contributed by atoms with Gasteiger partial charge in [0.15, 0.2) is 5.69 Å². The molecule has 0 aromatic carbocycles. The lowest BCUT2D eigenvalue weighted by Crippen LogP contribution is -2.52. The van der Waals surface area contributed by atoms with Crippen LogP contribution in [-0.4, -0.2) is 56.1 Å². The minimum absolute atomic E-state index is 0.0344. The second kappa shape index (κ2) is 5.82. The number of aromatic nitrogens is 4. The van der Waals surface area contributed by atoms with Crippen LogP contribution >= 0.6 is 0 Å². The van der Waals surface area contributed by atoms with Crippen LogP contribution in [0.4, 0.5) is 5.82 Å². The highest BCUT2D eigenvalue weighted by molar-refractivity contribution is 5.93. The van der Waals surface area contributed by atoms with Crippen LogP contribution in [0.15, 0.2) is 29.2 Å². The Hall–Kier alpha value is -2.90. The topological polar surface area (TPSA) is 91.2 Å². The van der Waals surface area contributed by atoms with Gasteiger partial charge in [0, 0.05) is 25.4 Å². The number of aromatic amines is 1. The smallest absolute Gasteiger partial charge is 0.276 e. The van der Waals surface area contributed by atoms with Crippen molar-refractivity contribution in [1.82, 2.24) is 25.0 Å². The Morgan fingerprint density at radius 2 is 2.19 bits per heavy atom. The third-order valence-corrected chi connectivity index (χ3v) is 5.52. The van der Waals surface area contributed by atoms with E-state index < -0.39 is 0 Å². The monoisotopic (exact) mass is 352 g/mol. The Kier molecular flexibility index (Phi) is 3.44. The fourth-order valence-electron chi connectivity index (χ4n) is 4.40. The van der Waals surface area contributed by atoms with Crippen LogP contribution in [0.5, 0.6) is 0 Å². The number of piperidine rings is 1. The van der Waals surface area contributed by atoms with Crippen molar-refractivity contribution in [3.8, 4) is 0 Å². The number of amides is 1. The summed E-state index contributed by atoms with van der Waals surface area (Å²) in [5, 5.41) is 4.94. The van der Waals surface area contributed by atoms with Crippen LogP contribution in [-0.2, 0) is 0 Å². The maximum atomic E-state index is 12.9. The van der Waals surface area contributed by atoms with Crippen LogP contribution in [0, 0.1) is 6.92 Å². The number of nitrogens with one attached hydrogen (secondary N) is 1. The van der Waals surface area contributed by atoms with E-state index in [2.05, 4.69) is 25.0 Å². The molecule has 8 nitrogen and oxygen atoms in total. The Labute approximate surface area is 150 Å². The molecule has 26 heavy (non-hydrogen) atoms. The third-order valence-electron chi connectivity index (χ3n) is 5.52. The number of carbonyl (C=O) groups is 1. The first kappa shape index (κ1) is 15.4. The van der Waals surface area contributed by atoms with E-state index in [4.69, 9.17) is 4.52 Å². The second-order valence-electron chi connectivity index (χ2n) is 7.02. The molecule has 0 saturated carbocycles. The van der Waals surface area contributed by atoms with Gasteiger partial charge in [0.1, 0.15) is 23.6 Å². The number of anilines is 1. The maximum absolute atomic E-state index is 12.9. The van der Waals surface area contributed by atoms with Gasteiger partial charge in [-0.3, -0.25) is 4.79 Å². The van der Waals surface area contributed by atoms with Crippen molar-refractivity contribution in [2.24, 2.45) is 0 Å². The average molecular weight is 352 g/mol. The molecule has 2 fully saturated rings. The fraction of sp³-hybridized carbons (Fsp3) is 0.444. The molecule has 2 saturated heterocycles. The zero-order valence-corrected chi connectivity index (χ0v) is 14.6. The van der Waals surface area contributed by atoms with E-state index in [1.165, 1.54) is 0 Å². The van der Waals surface area contributed by atoms with Gasteiger partial charge >= 0.3 is 0 Å². The third kappa shape index (κ3) is 2.28. The standard InChI is InChI=1S/C18H20N6O2/c1-11-9-13(22-26-11)18(25)24-7-2-3-14-15(24)5-8-23(14)17-12-4-6-19-16(12)20-10-21-17/h4,6,9-10,14-15H,2-3,5,7-8H2,1H3,(H,19,20,21)/t14-,15-/m1/s1. The highest BCUT2D eigenvalue weighted by Crippen LogP contribution is 2.36. The largest absolute Gasteiger partial charge is 0.361 e.